The second kappa shape index (κ2) is 6.52. The topological polar surface area (TPSA) is 102 Å². The van der Waals surface area contributed by atoms with Crippen molar-refractivity contribution >= 4 is 21.7 Å². The minimum Gasteiger partial charge on any atom is -0.454 e. The number of anilines is 2. The molecule has 1 aliphatic heterocycles. The quantitative estimate of drug-likeness (QED) is 0.822. The lowest BCUT2D eigenvalue weighted by atomic mass is 10.2. The Kier molecular flexibility index (Phi) is 4.43. The molecule has 0 spiro atoms. The molecule has 9 heteroatoms. The lowest BCUT2D eigenvalue weighted by molar-refractivity contribution is 0.174. The second-order valence-corrected chi connectivity index (χ2v) is 7.38. The number of benzene rings is 1. The van der Waals surface area contributed by atoms with Gasteiger partial charge in [0.05, 0.1) is 4.90 Å². The predicted molar refractivity (Wildman–Crippen MR) is 88.7 cm³/mol. The molecule has 1 aromatic carbocycles. The highest BCUT2D eigenvalue weighted by Gasteiger charge is 2.20. The number of fused-ring (bicyclic) bond motifs is 1. The zero-order valence-electron chi connectivity index (χ0n) is 13.3. The normalized spacial score (nSPS) is 13.1. The van der Waals surface area contributed by atoms with Crippen LogP contribution >= 0.6 is 0 Å². The fraction of sp³-hybridized carbons (Fsp3) is 0.333. The Morgan fingerprint density at radius 3 is 2.50 bits per heavy atom. The summed E-state index contributed by atoms with van der Waals surface area (Å²) in [5.41, 5.74) is 0. The fourth-order valence-corrected chi connectivity index (χ4v) is 3.04. The van der Waals surface area contributed by atoms with E-state index in [-0.39, 0.29) is 17.5 Å². The largest absolute Gasteiger partial charge is 0.454 e. The van der Waals surface area contributed by atoms with Gasteiger partial charge in [-0.05, 0) is 30.2 Å². The van der Waals surface area contributed by atoms with E-state index in [0.29, 0.717) is 23.2 Å². The van der Waals surface area contributed by atoms with Crippen molar-refractivity contribution in [1.82, 2.24) is 10.2 Å². The average molecular weight is 350 g/mol. The summed E-state index contributed by atoms with van der Waals surface area (Å²) in [5.74, 6) is 2.12. The van der Waals surface area contributed by atoms with Gasteiger partial charge in [-0.25, -0.2) is 8.42 Å². The van der Waals surface area contributed by atoms with E-state index in [0.717, 1.165) is 6.54 Å². The first-order chi connectivity index (χ1) is 11.4. The number of sulfonamides is 1. The average Bonchev–Trinajstić information content (AvgIpc) is 3.01. The number of nitrogens with zero attached hydrogens (tertiary/aromatic N) is 2. The van der Waals surface area contributed by atoms with E-state index in [4.69, 9.17) is 9.47 Å². The number of aromatic nitrogens is 2. The van der Waals surface area contributed by atoms with Crippen molar-refractivity contribution < 1.29 is 17.9 Å². The molecule has 1 aromatic heterocycles. The molecule has 24 heavy (non-hydrogen) atoms. The van der Waals surface area contributed by atoms with Gasteiger partial charge in [0, 0.05) is 12.6 Å². The molecule has 8 nitrogen and oxygen atoms in total. The maximum atomic E-state index is 12.4. The molecule has 3 rings (SSSR count). The fourth-order valence-electron chi connectivity index (χ4n) is 2.03. The standard InChI is InChI=1S/C15H18N4O4S/c1-10(2)8-16-14-5-6-15(18-17-14)19-24(20,21)11-3-4-12-13(7-11)23-9-22-12/h3-7,10H,8-9H2,1-2H3,(H,16,17)(H,18,19). The molecule has 0 amide bonds. The first kappa shape index (κ1) is 16.3. The lowest BCUT2D eigenvalue weighted by Crippen LogP contribution is -2.15. The van der Waals surface area contributed by atoms with Gasteiger partial charge in [-0.3, -0.25) is 4.72 Å². The summed E-state index contributed by atoms with van der Waals surface area (Å²) in [6, 6.07) is 7.65. The summed E-state index contributed by atoms with van der Waals surface area (Å²) >= 11 is 0. The maximum Gasteiger partial charge on any atom is 0.263 e. The molecule has 0 fully saturated rings. The van der Waals surface area contributed by atoms with Crippen LogP contribution in [0.3, 0.4) is 0 Å². The zero-order valence-corrected chi connectivity index (χ0v) is 14.1. The summed E-state index contributed by atoms with van der Waals surface area (Å²) in [5, 5.41) is 10.9. The van der Waals surface area contributed by atoms with Crippen LogP contribution in [0.1, 0.15) is 13.8 Å². The Morgan fingerprint density at radius 2 is 1.79 bits per heavy atom. The highest BCUT2D eigenvalue weighted by molar-refractivity contribution is 7.92. The van der Waals surface area contributed by atoms with Crippen LogP contribution in [-0.2, 0) is 10.0 Å². The van der Waals surface area contributed by atoms with Gasteiger partial charge in [-0.15, -0.1) is 10.2 Å². The molecule has 2 aromatic rings. The first-order valence-electron chi connectivity index (χ1n) is 7.44. The summed E-state index contributed by atoms with van der Waals surface area (Å²) in [6.07, 6.45) is 0. The predicted octanol–water partition coefficient (Wildman–Crippen LogP) is 2.07. The Morgan fingerprint density at radius 1 is 1.08 bits per heavy atom. The van der Waals surface area contributed by atoms with Crippen molar-refractivity contribution in [2.24, 2.45) is 5.92 Å². The molecule has 0 radical (unpaired) electrons. The summed E-state index contributed by atoms with van der Waals surface area (Å²) in [4.78, 5) is 0.0653. The Labute approximate surface area is 140 Å². The first-order valence-corrected chi connectivity index (χ1v) is 8.92. The van der Waals surface area contributed by atoms with E-state index < -0.39 is 10.0 Å². The third kappa shape index (κ3) is 3.67. The minimum atomic E-state index is -3.78. The molecule has 2 heterocycles. The molecule has 2 N–H and O–H groups in total. The molecule has 0 saturated carbocycles. The lowest BCUT2D eigenvalue weighted by Gasteiger charge is -2.09. The van der Waals surface area contributed by atoms with Crippen molar-refractivity contribution in [1.29, 1.82) is 0 Å². The number of nitrogens with one attached hydrogen (secondary N) is 2. The van der Waals surface area contributed by atoms with Crippen LogP contribution in [0.2, 0.25) is 0 Å². The molecule has 1 aliphatic rings. The van der Waals surface area contributed by atoms with Crippen LogP contribution in [0.25, 0.3) is 0 Å². The van der Waals surface area contributed by atoms with Crippen molar-refractivity contribution in [2.45, 2.75) is 18.7 Å². The van der Waals surface area contributed by atoms with E-state index in [9.17, 15) is 8.42 Å². The van der Waals surface area contributed by atoms with Crippen LogP contribution in [0.15, 0.2) is 35.2 Å². The van der Waals surface area contributed by atoms with Crippen LogP contribution in [-0.4, -0.2) is 32.0 Å². The molecule has 0 unspecified atom stereocenters. The van der Waals surface area contributed by atoms with Crippen molar-refractivity contribution in [3.63, 3.8) is 0 Å². The third-order valence-electron chi connectivity index (χ3n) is 3.25. The minimum absolute atomic E-state index is 0.0653. The van der Waals surface area contributed by atoms with Gasteiger partial charge in [-0.1, -0.05) is 13.8 Å². The highest BCUT2D eigenvalue weighted by Crippen LogP contribution is 2.34. The summed E-state index contributed by atoms with van der Waals surface area (Å²) in [6.45, 7) is 5.00. The van der Waals surface area contributed by atoms with E-state index in [1.54, 1.807) is 18.2 Å². The van der Waals surface area contributed by atoms with Crippen molar-refractivity contribution in [2.75, 3.05) is 23.4 Å². The Bertz CT molecular complexity index is 822. The van der Waals surface area contributed by atoms with E-state index >= 15 is 0 Å². The van der Waals surface area contributed by atoms with Gasteiger partial charge in [0.25, 0.3) is 10.0 Å². The van der Waals surface area contributed by atoms with Gasteiger partial charge < -0.3 is 14.8 Å². The van der Waals surface area contributed by atoms with Gasteiger partial charge in [-0.2, -0.15) is 0 Å². The monoisotopic (exact) mass is 350 g/mol. The Balaban J connectivity index is 1.72. The smallest absolute Gasteiger partial charge is 0.263 e. The van der Waals surface area contributed by atoms with Gasteiger partial charge in [0.2, 0.25) is 6.79 Å². The maximum absolute atomic E-state index is 12.4. The number of hydrogen-bond donors (Lipinski definition) is 2. The van der Waals surface area contributed by atoms with E-state index in [1.807, 2.05) is 0 Å². The highest BCUT2D eigenvalue weighted by atomic mass is 32.2. The zero-order chi connectivity index (χ0) is 17.2. The van der Waals surface area contributed by atoms with Crippen LogP contribution in [0.5, 0.6) is 11.5 Å². The van der Waals surface area contributed by atoms with Gasteiger partial charge >= 0.3 is 0 Å². The Hall–Kier alpha value is -2.55. The van der Waals surface area contributed by atoms with E-state index in [2.05, 4.69) is 34.1 Å². The molecular weight excluding hydrogens is 332 g/mol. The molecule has 0 bridgehead atoms. The molecule has 0 atom stereocenters. The molecule has 0 saturated heterocycles. The number of hydrogen-bond acceptors (Lipinski definition) is 7. The van der Waals surface area contributed by atoms with Crippen molar-refractivity contribution in [3.05, 3.63) is 30.3 Å². The third-order valence-corrected chi connectivity index (χ3v) is 4.60. The molecule has 128 valence electrons. The van der Waals surface area contributed by atoms with Crippen LogP contribution < -0.4 is 19.5 Å². The van der Waals surface area contributed by atoms with Crippen LogP contribution in [0.4, 0.5) is 11.6 Å². The number of rotatable bonds is 6. The molecular formula is C15H18N4O4S. The summed E-state index contributed by atoms with van der Waals surface area (Å²) in [7, 11) is -3.78. The number of ether oxygens (including phenoxy) is 2. The molecule has 0 aliphatic carbocycles. The summed E-state index contributed by atoms with van der Waals surface area (Å²) < 4.78 is 37.6. The van der Waals surface area contributed by atoms with Crippen LogP contribution in [0, 0.1) is 5.92 Å². The van der Waals surface area contributed by atoms with Gasteiger partial charge in [0.15, 0.2) is 17.3 Å². The van der Waals surface area contributed by atoms with E-state index in [1.165, 1.54) is 12.1 Å². The SMILES string of the molecule is CC(C)CNc1ccc(NS(=O)(=O)c2ccc3c(c2)OCO3)nn1. The second-order valence-electron chi connectivity index (χ2n) is 5.70. The van der Waals surface area contributed by atoms with Crippen molar-refractivity contribution in [3.8, 4) is 11.5 Å². The van der Waals surface area contributed by atoms with Gasteiger partial charge in [0.1, 0.15) is 5.82 Å².